The van der Waals surface area contributed by atoms with E-state index in [1.54, 1.807) is 29.1 Å². The molecule has 4 rings (SSSR count). The van der Waals surface area contributed by atoms with E-state index in [1.165, 1.54) is 6.20 Å². The quantitative estimate of drug-likeness (QED) is 0.480. The van der Waals surface area contributed by atoms with Crippen molar-refractivity contribution in [1.29, 1.82) is 0 Å². The number of nitrogens with zero attached hydrogens (tertiary/aromatic N) is 5. The van der Waals surface area contributed by atoms with Crippen molar-refractivity contribution >= 4 is 17.5 Å². The number of hydrogen-bond donors (Lipinski definition) is 1. The zero-order valence-electron chi connectivity index (χ0n) is 18.3. The second-order valence-electron chi connectivity index (χ2n) is 8.44. The number of rotatable bonds is 5. The minimum atomic E-state index is -0.208. The first-order valence-electron chi connectivity index (χ1n) is 10.1. The molecule has 0 fully saturated rings. The van der Waals surface area contributed by atoms with E-state index in [-0.39, 0.29) is 11.3 Å². The van der Waals surface area contributed by atoms with E-state index in [0.717, 1.165) is 5.56 Å². The molecule has 0 aliphatic heterocycles. The highest BCUT2D eigenvalue weighted by molar-refractivity contribution is 6.30. The van der Waals surface area contributed by atoms with Crippen LogP contribution in [-0.2, 0) is 12.0 Å². The number of carbonyl (C=O) groups excluding carboxylic acids is 1. The average molecular weight is 451 g/mol. The van der Waals surface area contributed by atoms with Crippen LogP contribution in [-0.4, -0.2) is 30.8 Å². The molecule has 3 aromatic heterocycles. The lowest BCUT2D eigenvalue weighted by Crippen LogP contribution is -2.23. The number of hydrogen-bond acceptors (Lipinski definition) is 6. The van der Waals surface area contributed by atoms with Crippen LogP contribution in [0.25, 0.3) is 17.3 Å². The van der Waals surface area contributed by atoms with Gasteiger partial charge in [0.15, 0.2) is 11.6 Å². The van der Waals surface area contributed by atoms with Crippen LogP contribution in [0.1, 0.15) is 48.2 Å². The Morgan fingerprint density at radius 1 is 1.12 bits per heavy atom. The van der Waals surface area contributed by atoms with E-state index in [9.17, 15) is 4.79 Å². The number of benzene rings is 1. The first kappa shape index (κ1) is 21.7. The number of carbonyl (C=O) groups is 1. The van der Waals surface area contributed by atoms with Gasteiger partial charge in [-0.25, -0.2) is 9.67 Å². The Hall–Kier alpha value is -3.52. The first-order chi connectivity index (χ1) is 15.2. The van der Waals surface area contributed by atoms with Crippen LogP contribution in [0.5, 0.6) is 0 Å². The van der Waals surface area contributed by atoms with Gasteiger partial charge < -0.3 is 9.84 Å². The van der Waals surface area contributed by atoms with Crippen LogP contribution in [0.3, 0.4) is 0 Å². The molecule has 4 aromatic rings. The molecule has 164 valence electrons. The number of pyridine rings is 1. The Balaban J connectivity index is 1.48. The van der Waals surface area contributed by atoms with Crippen LogP contribution in [0.2, 0.25) is 5.02 Å². The summed E-state index contributed by atoms with van der Waals surface area (Å²) in [5.74, 6) is 1.42. The Kier molecular flexibility index (Phi) is 5.80. The molecule has 9 heteroatoms. The maximum absolute atomic E-state index is 12.6. The molecule has 1 aromatic carbocycles. The Morgan fingerprint density at radius 3 is 2.50 bits per heavy atom. The van der Waals surface area contributed by atoms with Crippen molar-refractivity contribution < 1.29 is 9.32 Å². The van der Waals surface area contributed by atoms with Gasteiger partial charge in [0.1, 0.15) is 0 Å². The zero-order valence-corrected chi connectivity index (χ0v) is 19.0. The molecular formula is C23H23ClN6O2. The van der Waals surface area contributed by atoms with E-state index in [0.29, 0.717) is 45.9 Å². The Labute approximate surface area is 190 Å². The highest BCUT2D eigenvalue weighted by Gasteiger charge is 2.22. The molecule has 32 heavy (non-hydrogen) atoms. The molecular weight excluding hydrogens is 428 g/mol. The summed E-state index contributed by atoms with van der Waals surface area (Å²) in [5.41, 5.74) is 2.64. The van der Waals surface area contributed by atoms with Gasteiger partial charge in [-0.3, -0.25) is 4.79 Å². The van der Waals surface area contributed by atoms with Gasteiger partial charge in [0.25, 0.3) is 11.8 Å². The van der Waals surface area contributed by atoms with E-state index >= 15 is 0 Å². The summed E-state index contributed by atoms with van der Waals surface area (Å²) in [6.45, 7) is 8.29. The lowest BCUT2D eigenvalue weighted by Gasteiger charge is -2.10. The Morgan fingerprint density at radius 2 is 1.88 bits per heavy atom. The summed E-state index contributed by atoms with van der Waals surface area (Å²) in [5, 5.41) is 11.9. The van der Waals surface area contributed by atoms with Crippen LogP contribution in [0.4, 0.5) is 0 Å². The second-order valence-corrected chi connectivity index (χ2v) is 8.88. The van der Waals surface area contributed by atoms with Crippen LogP contribution in [0.15, 0.2) is 53.3 Å². The van der Waals surface area contributed by atoms with Gasteiger partial charge in [-0.15, -0.1) is 0 Å². The lowest BCUT2D eigenvalue weighted by molar-refractivity contribution is 0.0950. The van der Waals surface area contributed by atoms with Crippen molar-refractivity contribution in [2.75, 3.05) is 0 Å². The summed E-state index contributed by atoms with van der Waals surface area (Å²) >= 11 is 5.90. The highest BCUT2D eigenvalue weighted by atomic mass is 35.5. The number of amides is 1. The van der Waals surface area contributed by atoms with E-state index in [4.69, 9.17) is 16.1 Å². The fourth-order valence-corrected chi connectivity index (χ4v) is 3.15. The third-order valence-electron chi connectivity index (χ3n) is 4.93. The molecule has 0 atom stereocenters. The predicted molar refractivity (Wildman–Crippen MR) is 121 cm³/mol. The Bertz CT molecular complexity index is 1240. The SMILES string of the molecule is Cc1c(C(=O)NCc2ccc(Cl)cc2)cnn1-c1ccc(-c2nc(C(C)(C)C)no2)cn1. The van der Waals surface area contributed by atoms with Gasteiger partial charge in [-0.2, -0.15) is 10.1 Å². The molecule has 0 saturated heterocycles. The fraction of sp³-hybridized carbons (Fsp3) is 0.261. The van der Waals surface area contributed by atoms with Crippen molar-refractivity contribution in [3.05, 3.63) is 76.5 Å². The minimum Gasteiger partial charge on any atom is -0.348 e. The molecule has 0 aliphatic carbocycles. The zero-order chi connectivity index (χ0) is 22.9. The number of nitrogens with one attached hydrogen (secondary N) is 1. The maximum atomic E-state index is 12.6. The normalized spacial score (nSPS) is 11.5. The van der Waals surface area contributed by atoms with Crippen molar-refractivity contribution in [2.24, 2.45) is 0 Å². The van der Waals surface area contributed by atoms with Crippen LogP contribution >= 0.6 is 11.6 Å². The van der Waals surface area contributed by atoms with E-state index in [2.05, 4.69) is 25.5 Å². The van der Waals surface area contributed by atoms with E-state index < -0.39 is 0 Å². The summed E-state index contributed by atoms with van der Waals surface area (Å²) in [6.07, 6.45) is 3.19. The molecule has 0 aliphatic rings. The fourth-order valence-electron chi connectivity index (χ4n) is 3.03. The molecule has 3 heterocycles. The van der Waals surface area contributed by atoms with Gasteiger partial charge in [0.05, 0.1) is 23.0 Å². The molecule has 0 spiro atoms. The summed E-state index contributed by atoms with van der Waals surface area (Å²) in [4.78, 5) is 21.5. The monoisotopic (exact) mass is 450 g/mol. The average Bonchev–Trinajstić information content (AvgIpc) is 3.41. The van der Waals surface area contributed by atoms with Gasteiger partial charge in [0, 0.05) is 23.2 Å². The lowest BCUT2D eigenvalue weighted by atomic mass is 9.96. The molecule has 0 radical (unpaired) electrons. The summed E-state index contributed by atoms with van der Waals surface area (Å²) in [6, 6.07) is 11.0. The molecule has 1 amide bonds. The van der Waals surface area contributed by atoms with Crippen LogP contribution in [0, 0.1) is 6.92 Å². The van der Waals surface area contributed by atoms with Gasteiger partial charge in [-0.1, -0.05) is 49.7 Å². The third-order valence-corrected chi connectivity index (χ3v) is 5.18. The van der Waals surface area contributed by atoms with Crippen molar-refractivity contribution in [3.63, 3.8) is 0 Å². The molecule has 0 saturated carbocycles. The van der Waals surface area contributed by atoms with E-state index in [1.807, 2.05) is 45.9 Å². The summed E-state index contributed by atoms with van der Waals surface area (Å²) < 4.78 is 6.99. The van der Waals surface area contributed by atoms with Crippen molar-refractivity contribution in [3.8, 4) is 17.3 Å². The minimum absolute atomic E-state index is 0.203. The van der Waals surface area contributed by atoms with Gasteiger partial charge >= 0.3 is 0 Å². The summed E-state index contributed by atoms with van der Waals surface area (Å²) in [7, 11) is 0. The maximum Gasteiger partial charge on any atom is 0.259 e. The van der Waals surface area contributed by atoms with Crippen molar-refractivity contribution in [2.45, 2.75) is 39.7 Å². The van der Waals surface area contributed by atoms with Crippen LogP contribution < -0.4 is 5.32 Å². The van der Waals surface area contributed by atoms with Gasteiger partial charge in [-0.05, 0) is 36.8 Å². The topological polar surface area (TPSA) is 98.7 Å². The largest absolute Gasteiger partial charge is 0.348 e. The predicted octanol–water partition coefficient (Wildman–Crippen LogP) is 4.51. The number of halogens is 1. The molecule has 0 bridgehead atoms. The smallest absolute Gasteiger partial charge is 0.259 e. The highest BCUT2D eigenvalue weighted by Crippen LogP contribution is 2.24. The standard InChI is InChI=1S/C23H23ClN6O2/c1-14-18(20(31)26-11-15-5-8-17(24)9-6-15)13-27-30(14)19-10-7-16(12-25-19)21-28-22(29-32-21)23(2,3)4/h5-10,12-13H,11H2,1-4H3,(H,26,31). The molecule has 0 unspecified atom stereocenters. The third kappa shape index (κ3) is 4.55. The first-order valence-corrected chi connectivity index (χ1v) is 10.5. The number of aromatic nitrogens is 5. The van der Waals surface area contributed by atoms with Gasteiger partial charge in [0.2, 0.25) is 0 Å². The van der Waals surface area contributed by atoms with Crippen molar-refractivity contribution in [1.82, 2.24) is 30.2 Å². The molecule has 8 nitrogen and oxygen atoms in total. The molecule has 1 N–H and O–H groups in total. The second kappa shape index (κ2) is 8.55.